The topological polar surface area (TPSA) is 55.4 Å². The van der Waals surface area contributed by atoms with Crippen molar-refractivity contribution in [3.05, 3.63) is 22.5 Å². The third kappa shape index (κ3) is 2.71. The maximum atomic E-state index is 12.5. The third-order valence-corrected chi connectivity index (χ3v) is 6.11. The number of carbonyl (C=O) groups excluding carboxylic acids is 2. The van der Waals surface area contributed by atoms with E-state index in [1.54, 1.807) is 0 Å². The average molecular weight is 321 g/mol. The lowest BCUT2D eigenvalue weighted by Crippen LogP contribution is -2.39. The first-order valence-corrected chi connectivity index (χ1v) is 9.21. The van der Waals surface area contributed by atoms with Crippen molar-refractivity contribution in [3.63, 3.8) is 0 Å². The highest BCUT2D eigenvalue weighted by Gasteiger charge is 2.43. The number of hydrogen-bond donors (Lipinski definition) is 1. The number of carbonyl (C=O) groups is 2. The lowest BCUT2D eigenvalue weighted by Gasteiger charge is -2.36. The third-order valence-electron chi connectivity index (χ3n) is 4.65. The van der Waals surface area contributed by atoms with Gasteiger partial charge in [-0.25, -0.2) is 4.79 Å². The van der Waals surface area contributed by atoms with E-state index in [9.17, 15) is 9.59 Å². The van der Waals surface area contributed by atoms with Crippen LogP contribution in [0.15, 0.2) is 22.5 Å². The summed E-state index contributed by atoms with van der Waals surface area (Å²) in [4.78, 5) is 25.0. The monoisotopic (exact) mass is 321 g/mol. The van der Waals surface area contributed by atoms with E-state index < -0.39 is 0 Å². The number of allylic oxidation sites excluding steroid dienone is 3. The molecule has 5 heteroatoms. The molecule has 22 heavy (non-hydrogen) atoms. The summed E-state index contributed by atoms with van der Waals surface area (Å²) >= 11 is 1.89. The molecule has 4 nitrogen and oxygen atoms in total. The number of esters is 1. The van der Waals surface area contributed by atoms with E-state index in [-0.39, 0.29) is 17.7 Å². The van der Waals surface area contributed by atoms with Crippen LogP contribution < -0.4 is 5.32 Å². The van der Waals surface area contributed by atoms with Crippen LogP contribution in [0, 0.1) is 5.92 Å². The van der Waals surface area contributed by atoms with E-state index in [4.69, 9.17) is 4.74 Å². The molecule has 1 saturated heterocycles. The molecule has 0 radical (unpaired) electrons. The maximum Gasteiger partial charge on any atom is 0.336 e. The van der Waals surface area contributed by atoms with E-state index in [2.05, 4.69) is 5.32 Å². The van der Waals surface area contributed by atoms with Gasteiger partial charge < -0.3 is 10.1 Å². The predicted molar refractivity (Wildman–Crippen MR) is 87.3 cm³/mol. The molecule has 0 bridgehead atoms. The van der Waals surface area contributed by atoms with Gasteiger partial charge in [0.2, 0.25) is 0 Å². The number of dihydropyridines is 1. The fourth-order valence-corrected chi connectivity index (χ4v) is 5.19. The molecule has 1 fully saturated rings. The van der Waals surface area contributed by atoms with Crippen LogP contribution in [-0.4, -0.2) is 29.4 Å². The highest BCUT2D eigenvalue weighted by atomic mass is 32.2. The Balaban J connectivity index is 2.03. The number of Topliss-reactive ketones (excluding diaryl/α,β-unsaturated/α-hetero) is 1. The van der Waals surface area contributed by atoms with Crippen molar-refractivity contribution in [2.75, 3.05) is 12.4 Å². The Labute approximate surface area is 135 Å². The first kappa shape index (κ1) is 15.7. The highest BCUT2D eigenvalue weighted by molar-refractivity contribution is 8.00. The van der Waals surface area contributed by atoms with Gasteiger partial charge in [0.25, 0.3) is 0 Å². The zero-order valence-corrected chi connectivity index (χ0v) is 14.1. The van der Waals surface area contributed by atoms with Crippen LogP contribution in [0.2, 0.25) is 0 Å². The number of ether oxygens (including phenoxy) is 1. The van der Waals surface area contributed by atoms with Gasteiger partial charge in [-0.1, -0.05) is 0 Å². The van der Waals surface area contributed by atoms with Crippen molar-refractivity contribution >= 4 is 23.5 Å². The number of thioether (sulfide) groups is 1. The van der Waals surface area contributed by atoms with Crippen molar-refractivity contribution in [2.45, 2.75) is 51.2 Å². The Morgan fingerprint density at radius 2 is 2.18 bits per heavy atom. The summed E-state index contributed by atoms with van der Waals surface area (Å²) in [6.07, 6.45) is 4.63. The van der Waals surface area contributed by atoms with Gasteiger partial charge >= 0.3 is 5.97 Å². The lowest BCUT2D eigenvalue weighted by atomic mass is 9.76. The number of nitrogens with one attached hydrogen (secondary N) is 1. The summed E-state index contributed by atoms with van der Waals surface area (Å²) in [6.45, 7) is 4.11. The fourth-order valence-electron chi connectivity index (χ4n) is 3.75. The first-order valence-electron chi connectivity index (χ1n) is 8.16. The highest BCUT2D eigenvalue weighted by Crippen LogP contribution is 2.45. The minimum Gasteiger partial charge on any atom is -0.463 e. The van der Waals surface area contributed by atoms with Crippen molar-refractivity contribution in [1.29, 1.82) is 0 Å². The molecule has 2 aliphatic heterocycles. The molecular weight excluding hydrogens is 298 g/mol. The molecule has 2 heterocycles. The number of rotatable bonds is 3. The quantitative estimate of drug-likeness (QED) is 0.810. The fraction of sp³-hybridized carbons (Fsp3) is 0.647. The first-order chi connectivity index (χ1) is 10.6. The van der Waals surface area contributed by atoms with Gasteiger partial charge in [-0.2, -0.15) is 11.8 Å². The van der Waals surface area contributed by atoms with Gasteiger partial charge in [0.1, 0.15) is 0 Å². The van der Waals surface area contributed by atoms with Gasteiger partial charge in [0.05, 0.1) is 12.2 Å². The smallest absolute Gasteiger partial charge is 0.336 e. The van der Waals surface area contributed by atoms with Crippen LogP contribution in [0.25, 0.3) is 0 Å². The summed E-state index contributed by atoms with van der Waals surface area (Å²) in [5, 5.41) is 3.64. The van der Waals surface area contributed by atoms with Crippen LogP contribution >= 0.6 is 11.8 Å². The maximum absolute atomic E-state index is 12.5. The number of ketones is 1. The van der Waals surface area contributed by atoms with Gasteiger partial charge in [0, 0.05) is 34.6 Å². The minimum absolute atomic E-state index is 0.0874. The van der Waals surface area contributed by atoms with Crippen LogP contribution in [0.3, 0.4) is 0 Å². The van der Waals surface area contributed by atoms with Gasteiger partial charge in [-0.15, -0.1) is 0 Å². The minimum atomic E-state index is -0.269. The standard InChI is InChI=1S/C17H23NO3S/c1-3-21-17(20)14-10(2)18-11-6-4-7-12(19)15(11)16(14)13-8-5-9-22-13/h13,16,18H,3-9H2,1-2H3. The summed E-state index contributed by atoms with van der Waals surface area (Å²) in [5.41, 5.74) is 3.44. The SMILES string of the molecule is CCOC(=O)C1=C(C)NC2=C(C(=O)CCC2)C1C1CCCS1. The molecule has 0 aromatic carbocycles. The van der Waals surface area contributed by atoms with Gasteiger partial charge in [0.15, 0.2) is 5.78 Å². The van der Waals surface area contributed by atoms with E-state index in [0.29, 0.717) is 23.9 Å². The second-order valence-electron chi connectivity index (χ2n) is 6.08. The zero-order chi connectivity index (χ0) is 15.7. The van der Waals surface area contributed by atoms with Crippen molar-refractivity contribution in [3.8, 4) is 0 Å². The van der Waals surface area contributed by atoms with E-state index in [1.807, 2.05) is 25.6 Å². The Kier molecular flexibility index (Phi) is 4.62. The van der Waals surface area contributed by atoms with Crippen LogP contribution in [0.1, 0.15) is 46.0 Å². The molecule has 2 atom stereocenters. The van der Waals surface area contributed by atoms with Crippen molar-refractivity contribution in [2.24, 2.45) is 5.92 Å². The normalized spacial score (nSPS) is 28.5. The largest absolute Gasteiger partial charge is 0.463 e. The average Bonchev–Trinajstić information content (AvgIpc) is 3.00. The van der Waals surface area contributed by atoms with Crippen LogP contribution in [-0.2, 0) is 14.3 Å². The summed E-state index contributed by atoms with van der Waals surface area (Å²) < 4.78 is 5.28. The van der Waals surface area contributed by atoms with Gasteiger partial charge in [-0.05, 0) is 45.3 Å². The molecular formula is C17H23NO3S. The Bertz CT molecular complexity index is 558. The number of hydrogen-bond acceptors (Lipinski definition) is 5. The Hall–Kier alpha value is -1.23. The zero-order valence-electron chi connectivity index (χ0n) is 13.2. The molecule has 120 valence electrons. The Morgan fingerprint density at radius 3 is 2.86 bits per heavy atom. The van der Waals surface area contributed by atoms with E-state index in [0.717, 1.165) is 48.4 Å². The predicted octanol–water partition coefficient (Wildman–Crippen LogP) is 2.95. The molecule has 1 aliphatic carbocycles. The summed E-state index contributed by atoms with van der Waals surface area (Å²) in [5.74, 6) is 0.965. The molecule has 3 aliphatic rings. The second-order valence-corrected chi connectivity index (χ2v) is 7.43. The molecule has 0 aromatic heterocycles. The Morgan fingerprint density at radius 1 is 1.36 bits per heavy atom. The molecule has 2 unspecified atom stereocenters. The summed E-state index contributed by atoms with van der Waals surface area (Å²) in [6, 6.07) is 0. The molecule has 0 saturated carbocycles. The van der Waals surface area contributed by atoms with E-state index in [1.165, 1.54) is 0 Å². The van der Waals surface area contributed by atoms with Crippen molar-refractivity contribution < 1.29 is 14.3 Å². The van der Waals surface area contributed by atoms with Crippen LogP contribution in [0.5, 0.6) is 0 Å². The molecule has 0 spiro atoms. The molecule has 1 N–H and O–H groups in total. The lowest BCUT2D eigenvalue weighted by molar-refractivity contribution is -0.139. The van der Waals surface area contributed by atoms with Crippen LogP contribution in [0.4, 0.5) is 0 Å². The van der Waals surface area contributed by atoms with Crippen molar-refractivity contribution in [1.82, 2.24) is 5.32 Å². The molecule has 0 amide bonds. The van der Waals surface area contributed by atoms with Gasteiger partial charge in [-0.3, -0.25) is 4.79 Å². The second kappa shape index (κ2) is 6.49. The summed E-state index contributed by atoms with van der Waals surface area (Å²) in [7, 11) is 0. The van der Waals surface area contributed by atoms with E-state index >= 15 is 0 Å². The molecule has 0 aromatic rings. The molecule has 3 rings (SSSR count).